The van der Waals surface area contributed by atoms with Gasteiger partial charge in [0.1, 0.15) is 11.4 Å². The molecule has 7 nitrogen and oxygen atoms in total. The first-order chi connectivity index (χ1) is 13.1. The summed E-state index contributed by atoms with van der Waals surface area (Å²) >= 11 is 0. The van der Waals surface area contributed by atoms with Crippen LogP contribution >= 0.6 is 0 Å². The number of methoxy groups -OCH3 is 1. The quantitative estimate of drug-likeness (QED) is 0.629. The maximum absolute atomic E-state index is 12.5. The molecule has 1 heterocycles. The predicted octanol–water partition coefficient (Wildman–Crippen LogP) is 4.24. The lowest BCUT2D eigenvalue weighted by atomic mass is 10.1. The van der Waals surface area contributed by atoms with Crippen molar-refractivity contribution in [1.82, 2.24) is 0 Å². The lowest BCUT2D eigenvalue weighted by Crippen LogP contribution is -2.25. The first-order valence-electron chi connectivity index (χ1n) is 9.07. The maximum atomic E-state index is 12.5. The Morgan fingerprint density at radius 3 is 2.52 bits per heavy atom. The number of carbonyl (C=O) groups is 1. The fourth-order valence-electron chi connectivity index (χ4n) is 3.29. The molecular weight excluding hydrogens is 346 g/mol. The number of hydrogen-bond acceptors (Lipinski definition) is 5. The normalized spacial score (nSPS) is 14.3. The van der Waals surface area contributed by atoms with Crippen LogP contribution in [0.2, 0.25) is 0 Å². The molecule has 2 aromatic carbocycles. The van der Waals surface area contributed by atoms with E-state index in [0.717, 1.165) is 38.8 Å². The van der Waals surface area contributed by atoms with Gasteiger partial charge < -0.3 is 15.0 Å². The summed E-state index contributed by atoms with van der Waals surface area (Å²) < 4.78 is 5.14. The van der Waals surface area contributed by atoms with E-state index in [1.165, 1.54) is 6.07 Å². The minimum Gasteiger partial charge on any atom is -0.497 e. The molecule has 0 aliphatic carbocycles. The molecule has 0 saturated carbocycles. The highest BCUT2D eigenvalue weighted by molar-refractivity contribution is 6.05. The van der Waals surface area contributed by atoms with Crippen LogP contribution in [0, 0.1) is 10.1 Å². The fraction of sp³-hybridized carbons (Fsp3) is 0.350. The number of anilines is 2. The maximum Gasteiger partial charge on any atom is 0.293 e. The van der Waals surface area contributed by atoms with Crippen molar-refractivity contribution in [1.29, 1.82) is 0 Å². The van der Waals surface area contributed by atoms with Crippen LogP contribution in [0.25, 0.3) is 0 Å². The van der Waals surface area contributed by atoms with E-state index in [9.17, 15) is 14.9 Å². The summed E-state index contributed by atoms with van der Waals surface area (Å²) in [5.41, 5.74) is 1.37. The Kier molecular flexibility index (Phi) is 5.90. The van der Waals surface area contributed by atoms with Crippen molar-refractivity contribution in [2.75, 3.05) is 30.4 Å². The summed E-state index contributed by atoms with van der Waals surface area (Å²) in [6.45, 7) is 1.60. The Balaban J connectivity index is 1.84. The smallest absolute Gasteiger partial charge is 0.293 e. The summed E-state index contributed by atoms with van der Waals surface area (Å²) in [6, 6.07) is 11.6. The highest BCUT2D eigenvalue weighted by Gasteiger charge is 2.22. The molecule has 0 radical (unpaired) electrons. The number of ether oxygens (including phenoxy) is 1. The molecule has 0 spiro atoms. The largest absolute Gasteiger partial charge is 0.497 e. The zero-order valence-electron chi connectivity index (χ0n) is 15.3. The van der Waals surface area contributed by atoms with Crippen molar-refractivity contribution in [2.24, 2.45) is 0 Å². The van der Waals surface area contributed by atoms with E-state index in [2.05, 4.69) is 10.2 Å². The van der Waals surface area contributed by atoms with Crippen LogP contribution in [-0.2, 0) is 0 Å². The van der Waals surface area contributed by atoms with Gasteiger partial charge in [-0.1, -0.05) is 18.9 Å². The number of carbonyl (C=O) groups excluding carboxylic acids is 1. The van der Waals surface area contributed by atoms with Crippen molar-refractivity contribution >= 4 is 23.0 Å². The van der Waals surface area contributed by atoms with Crippen LogP contribution < -0.4 is 15.0 Å². The molecule has 1 fully saturated rings. The summed E-state index contributed by atoms with van der Waals surface area (Å²) in [6.07, 6.45) is 4.33. The molecule has 1 aliphatic rings. The molecule has 7 heteroatoms. The first kappa shape index (κ1) is 18.7. The van der Waals surface area contributed by atoms with Crippen molar-refractivity contribution in [3.8, 4) is 5.75 Å². The summed E-state index contributed by atoms with van der Waals surface area (Å²) in [7, 11) is 1.55. The third-order valence-corrected chi connectivity index (χ3v) is 4.71. The van der Waals surface area contributed by atoms with Crippen LogP contribution in [-0.4, -0.2) is 31.0 Å². The molecule has 0 bridgehead atoms. The molecular formula is C20H23N3O4. The second-order valence-corrected chi connectivity index (χ2v) is 6.55. The minimum atomic E-state index is -0.414. The van der Waals surface area contributed by atoms with Gasteiger partial charge in [0.15, 0.2) is 0 Å². The Morgan fingerprint density at radius 2 is 1.85 bits per heavy atom. The Bertz CT molecular complexity index is 830. The molecule has 1 N–H and O–H groups in total. The summed E-state index contributed by atoms with van der Waals surface area (Å²) in [5.74, 6) is 0.226. The molecule has 3 rings (SSSR count). The Labute approximate surface area is 158 Å². The van der Waals surface area contributed by atoms with Gasteiger partial charge in [-0.25, -0.2) is 0 Å². The Morgan fingerprint density at radius 1 is 1.11 bits per heavy atom. The predicted molar refractivity (Wildman–Crippen MR) is 105 cm³/mol. The van der Waals surface area contributed by atoms with Crippen LogP contribution in [0.3, 0.4) is 0 Å². The van der Waals surface area contributed by atoms with Crippen LogP contribution in [0.4, 0.5) is 17.1 Å². The monoisotopic (exact) mass is 369 g/mol. The van der Waals surface area contributed by atoms with Crippen molar-refractivity contribution in [2.45, 2.75) is 25.7 Å². The van der Waals surface area contributed by atoms with E-state index in [-0.39, 0.29) is 11.3 Å². The van der Waals surface area contributed by atoms with Gasteiger partial charge in [-0.15, -0.1) is 0 Å². The van der Waals surface area contributed by atoms with Crippen LogP contribution in [0.1, 0.15) is 36.0 Å². The van der Waals surface area contributed by atoms with Crippen molar-refractivity contribution in [3.05, 3.63) is 58.1 Å². The molecule has 0 aromatic heterocycles. The highest BCUT2D eigenvalue weighted by atomic mass is 16.6. The van der Waals surface area contributed by atoms with E-state index in [1.54, 1.807) is 43.5 Å². The van der Waals surface area contributed by atoms with Gasteiger partial charge in [0, 0.05) is 36.5 Å². The standard InChI is InChI=1S/C20H23N3O4/c1-27-17-8-6-7-16(14-17)21-20(24)15-9-10-18(19(13-15)23(25)26)22-11-4-2-3-5-12-22/h6-10,13-14H,2-5,11-12H2,1H3,(H,21,24). The van der Waals surface area contributed by atoms with Gasteiger partial charge in [-0.3, -0.25) is 14.9 Å². The minimum absolute atomic E-state index is 0.0322. The number of hydrogen-bond donors (Lipinski definition) is 1. The van der Waals surface area contributed by atoms with Gasteiger partial charge in [-0.05, 0) is 37.1 Å². The lowest BCUT2D eigenvalue weighted by molar-refractivity contribution is -0.384. The number of nitro benzene ring substituents is 1. The summed E-state index contributed by atoms with van der Waals surface area (Å²) in [4.78, 5) is 25.8. The molecule has 1 aliphatic heterocycles. The third kappa shape index (κ3) is 4.55. The third-order valence-electron chi connectivity index (χ3n) is 4.71. The van der Waals surface area contributed by atoms with E-state index in [1.807, 2.05) is 0 Å². The molecule has 0 atom stereocenters. The highest BCUT2D eigenvalue weighted by Crippen LogP contribution is 2.31. The van der Waals surface area contributed by atoms with Gasteiger partial charge >= 0.3 is 0 Å². The van der Waals surface area contributed by atoms with Crippen LogP contribution in [0.5, 0.6) is 5.75 Å². The first-order valence-corrected chi connectivity index (χ1v) is 9.07. The second kappa shape index (κ2) is 8.53. The average molecular weight is 369 g/mol. The van der Waals surface area contributed by atoms with Gasteiger partial charge in [0.2, 0.25) is 0 Å². The summed E-state index contributed by atoms with van der Waals surface area (Å²) in [5, 5.41) is 14.4. The number of benzene rings is 2. The molecule has 0 unspecified atom stereocenters. The van der Waals surface area contributed by atoms with E-state index in [4.69, 9.17) is 4.74 Å². The zero-order valence-corrected chi connectivity index (χ0v) is 15.3. The number of nitro groups is 1. The van der Waals surface area contributed by atoms with Gasteiger partial charge in [0.05, 0.1) is 12.0 Å². The fourth-order valence-corrected chi connectivity index (χ4v) is 3.29. The number of nitrogens with zero attached hydrogens (tertiary/aromatic N) is 2. The second-order valence-electron chi connectivity index (χ2n) is 6.55. The van der Waals surface area contributed by atoms with Crippen molar-refractivity contribution in [3.63, 3.8) is 0 Å². The van der Waals surface area contributed by atoms with E-state index >= 15 is 0 Å². The topological polar surface area (TPSA) is 84.7 Å². The molecule has 2 aromatic rings. The van der Waals surface area contributed by atoms with E-state index in [0.29, 0.717) is 17.1 Å². The number of amides is 1. The Hall–Kier alpha value is -3.09. The molecule has 1 saturated heterocycles. The van der Waals surface area contributed by atoms with E-state index < -0.39 is 10.8 Å². The molecule has 142 valence electrons. The van der Waals surface area contributed by atoms with Crippen molar-refractivity contribution < 1.29 is 14.5 Å². The van der Waals surface area contributed by atoms with Crippen LogP contribution in [0.15, 0.2) is 42.5 Å². The number of nitrogens with one attached hydrogen (secondary N) is 1. The SMILES string of the molecule is COc1cccc(NC(=O)c2ccc(N3CCCCCC3)c([N+](=O)[O-])c2)c1. The number of rotatable bonds is 5. The average Bonchev–Trinajstić information content (AvgIpc) is 2.97. The molecule has 1 amide bonds. The van der Waals surface area contributed by atoms with Gasteiger partial charge in [0.25, 0.3) is 11.6 Å². The van der Waals surface area contributed by atoms with Gasteiger partial charge in [-0.2, -0.15) is 0 Å². The zero-order chi connectivity index (χ0) is 19.2. The molecule has 27 heavy (non-hydrogen) atoms. The lowest BCUT2D eigenvalue weighted by Gasteiger charge is -2.22.